The van der Waals surface area contributed by atoms with Crippen molar-refractivity contribution in [1.29, 1.82) is 0 Å². The van der Waals surface area contributed by atoms with Crippen LogP contribution in [-0.4, -0.2) is 14.7 Å². The zero-order chi connectivity index (χ0) is 10.6. The standard InChI is InChI=1S/C11H9FN2O/c1-11(15)8-6-7(12)2-3-9(8)14-5-4-13-10(11)14/h2-6,15H,1H3. The number of hydrogen-bond acceptors (Lipinski definition) is 2. The Morgan fingerprint density at radius 2 is 2.27 bits per heavy atom. The molecule has 1 aliphatic heterocycles. The van der Waals surface area contributed by atoms with Gasteiger partial charge in [0.15, 0.2) is 0 Å². The molecule has 4 heteroatoms. The fourth-order valence-electron chi connectivity index (χ4n) is 2.09. The highest BCUT2D eigenvalue weighted by Gasteiger charge is 2.39. The maximum Gasteiger partial charge on any atom is 0.149 e. The summed E-state index contributed by atoms with van der Waals surface area (Å²) in [4.78, 5) is 4.08. The monoisotopic (exact) mass is 204 g/mol. The topological polar surface area (TPSA) is 38.0 Å². The Morgan fingerprint density at radius 3 is 3.07 bits per heavy atom. The highest BCUT2D eigenvalue weighted by molar-refractivity contribution is 5.53. The molecule has 1 aromatic carbocycles. The average molecular weight is 204 g/mol. The van der Waals surface area contributed by atoms with E-state index in [-0.39, 0.29) is 5.82 Å². The fraction of sp³-hybridized carbons (Fsp3) is 0.182. The minimum Gasteiger partial charge on any atom is -0.377 e. The van der Waals surface area contributed by atoms with Crippen LogP contribution in [0.1, 0.15) is 18.3 Å². The van der Waals surface area contributed by atoms with E-state index in [0.717, 1.165) is 5.69 Å². The number of hydrogen-bond donors (Lipinski definition) is 1. The number of halogens is 1. The third-order valence-corrected chi connectivity index (χ3v) is 2.82. The van der Waals surface area contributed by atoms with Gasteiger partial charge in [-0.05, 0) is 25.1 Å². The number of nitrogens with zero attached hydrogens (tertiary/aromatic N) is 2. The van der Waals surface area contributed by atoms with Crippen LogP contribution in [0.4, 0.5) is 4.39 Å². The molecule has 2 heterocycles. The van der Waals surface area contributed by atoms with E-state index in [9.17, 15) is 9.50 Å². The number of imidazole rings is 1. The van der Waals surface area contributed by atoms with E-state index in [0.29, 0.717) is 11.4 Å². The second kappa shape index (κ2) is 2.46. The smallest absolute Gasteiger partial charge is 0.149 e. The second-order valence-electron chi connectivity index (χ2n) is 3.85. The minimum absolute atomic E-state index is 0.347. The Kier molecular flexibility index (Phi) is 1.41. The molecule has 1 aromatic heterocycles. The number of benzene rings is 1. The fourth-order valence-corrected chi connectivity index (χ4v) is 2.09. The molecule has 3 rings (SSSR count). The summed E-state index contributed by atoms with van der Waals surface area (Å²) in [7, 11) is 0. The molecule has 1 N–H and O–H groups in total. The molecule has 0 radical (unpaired) electrons. The van der Waals surface area contributed by atoms with Gasteiger partial charge < -0.3 is 9.67 Å². The predicted molar refractivity (Wildman–Crippen MR) is 52.2 cm³/mol. The summed E-state index contributed by atoms with van der Waals surface area (Å²) in [6.45, 7) is 1.62. The summed E-state index contributed by atoms with van der Waals surface area (Å²) >= 11 is 0. The van der Waals surface area contributed by atoms with Crippen molar-refractivity contribution >= 4 is 0 Å². The van der Waals surface area contributed by atoms with Crippen molar-refractivity contribution < 1.29 is 9.50 Å². The Bertz CT molecular complexity index is 545. The van der Waals surface area contributed by atoms with Gasteiger partial charge in [-0.15, -0.1) is 0 Å². The lowest BCUT2D eigenvalue weighted by molar-refractivity contribution is 0.0987. The van der Waals surface area contributed by atoms with E-state index >= 15 is 0 Å². The number of rotatable bonds is 0. The zero-order valence-electron chi connectivity index (χ0n) is 8.11. The normalized spacial score (nSPS) is 22.6. The van der Waals surface area contributed by atoms with Crippen LogP contribution in [0.5, 0.6) is 0 Å². The van der Waals surface area contributed by atoms with Gasteiger partial charge in [0.2, 0.25) is 0 Å². The largest absolute Gasteiger partial charge is 0.377 e. The Morgan fingerprint density at radius 1 is 1.47 bits per heavy atom. The van der Waals surface area contributed by atoms with Crippen LogP contribution in [0.15, 0.2) is 30.6 Å². The van der Waals surface area contributed by atoms with E-state index in [1.807, 2.05) is 0 Å². The molecule has 0 fully saturated rings. The van der Waals surface area contributed by atoms with E-state index in [1.54, 1.807) is 30.0 Å². The average Bonchev–Trinajstić information content (AvgIpc) is 2.72. The van der Waals surface area contributed by atoms with Crippen LogP contribution < -0.4 is 0 Å². The predicted octanol–water partition coefficient (Wildman–Crippen LogP) is 1.58. The van der Waals surface area contributed by atoms with Crippen LogP contribution in [0, 0.1) is 5.82 Å². The van der Waals surface area contributed by atoms with Crippen LogP contribution in [0.2, 0.25) is 0 Å². The summed E-state index contributed by atoms with van der Waals surface area (Å²) in [6, 6.07) is 4.38. The number of fused-ring (bicyclic) bond motifs is 3. The first-order valence-corrected chi connectivity index (χ1v) is 4.67. The summed E-state index contributed by atoms with van der Waals surface area (Å²) in [5.74, 6) is 0.183. The van der Waals surface area contributed by atoms with Crippen molar-refractivity contribution in [1.82, 2.24) is 9.55 Å². The molecular weight excluding hydrogens is 195 g/mol. The SMILES string of the molecule is CC1(O)c2cc(F)ccc2-n2ccnc21. The molecule has 76 valence electrons. The first kappa shape index (κ1) is 8.61. The lowest BCUT2D eigenvalue weighted by atomic mass is 9.97. The third kappa shape index (κ3) is 0.942. The zero-order valence-corrected chi connectivity index (χ0v) is 8.11. The summed E-state index contributed by atoms with van der Waals surface area (Å²) in [6.07, 6.45) is 3.38. The molecule has 15 heavy (non-hydrogen) atoms. The van der Waals surface area contributed by atoms with Crippen molar-refractivity contribution in [2.75, 3.05) is 0 Å². The van der Waals surface area contributed by atoms with Gasteiger partial charge >= 0.3 is 0 Å². The molecule has 2 aromatic rings. The van der Waals surface area contributed by atoms with Gasteiger partial charge in [-0.3, -0.25) is 0 Å². The van der Waals surface area contributed by atoms with Crippen LogP contribution in [-0.2, 0) is 5.60 Å². The lowest BCUT2D eigenvalue weighted by Crippen LogP contribution is -2.20. The quantitative estimate of drug-likeness (QED) is 0.707. The first-order valence-electron chi connectivity index (χ1n) is 4.67. The van der Waals surface area contributed by atoms with Crippen LogP contribution in [0.3, 0.4) is 0 Å². The van der Waals surface area contributed by atoms with Crippen molar-refractivity contribution in [2.24, 2.45) is 0 Å². The second-order valence-corrected chi connectivity index (χ2v) is 3.85. The highest BCUT2D eigenvalue weighted by Crippen LogP contribution is 2.39. The number of aliphatic hydroxyl groups is 1. The van der Waals surface area contributed by atoms with Crippen molar-refractivity contribution in [3.8, 4) is 5.69 Å². The molecule has 0 amide bonds. The van der Waals surface area contributed by atoms with E-state index in [4.69, 9.17) is 0 Å². The maximum atomic E-state index is 13.1. The highest BCUT2D eigenvalue weighted by atomic mass is 19.1. The van der Waals surface area contributed by atoms with Gasteiger partial charge in [0, 0.05) is 18.0 Å². The molecule has 1 aliphatic rings. The molecule has 0 saturated carbocycles. The Balaban J connectivity index is 2.39. The van der Waals surface area contributed by atoms with Crippen molar-refractivity contribution in [2.45, 2.75) is 12.5 Å². The van der Waals surface area contributed by atoms with Gasteiger partial charge in [-0.1, -0.05) is 0 Å². The van der Waals surface area contributed by atoms with Crippen molar-refractivity contribution in [3.05, 3.63) is 47.8 Å². The van der Waals surface area contributed by atoms with Gasteiger partial charge in [0.25, 0.3) is 0 Å². The van der Waals surface area contributed by atoms with Gasteiger partial charge in [-0.25, -0.2) is 9.37 Å². The molecule has 0 spiro atoms. The molecule has 3 nitrogen and oxygen atoms in total. The third-order valence-electron chi connectivity index (χ3n) is 2.82. The van der Waals surface area contributed by atoms with Crippen LogP contribution >= 0.6 is 0 Å². The summed E-state index contributed by atoms with van der Waals surface area (Å²) in [5, 5.41) is 10.3. The van der Waals surface area contributed by atoms with E-state index in [1.165, 1.54) is 12.1 Å². The van der Waals surface area contributed by atoms with Crippen molar-refractivity contribution in [3.63, 3.8) is 0 Å². The van der Waals surface area contributed by atoms with E-state index < -0.39 is 5.60 Å². The molecule has 0 saturated heterocycles. The van der Waals surface area contributed by atoms with E-state index in [2.05, 4.69) is 4.98 Å². The summed E-state index contributed by atoms with van der Waals surface area (Å²) in [5.41, 5.74) is 0.139. The van der Waals surface area contributed by atoms with Gasteiger partial charge in [-0.2, -0.15) is 0 Å². The molecule has 1 unspecified atom stereocenters. The molecule has 1 atom stereocenters. The molecule has 0 bridgehead atoms. The number of aromatic nitrogens is 2. The van der Waals surface area contributed by atoms with Gasteiger partial charge in [0.1, 0.15) is 17.2 Å². The maximum absolute atomic E-state index is 13.1. The first-order chi connectivity index (χ1) is 7.10. The minimum atomic E-state index is -1.21. The van der Waals surface area contributed by atoms with Gasteiger partial charge in [0.05, 0.1) is 5.69 Å². The Labute approximate surface area is 85.8 Å². The molecular formula is C11H9FN2O. The lowest BCUT2D eigenvalue weighted by Gasteiger charge is -2.15. The Hall–Kier alpha value is -1.68. The van der Waals surface area contributed by atoms with Crippen LogP contribution in [0.25, 0.3) is 5.69 Å². The molecule has 0 aliphatic carbocycles. The summed E-state index contributed by atoms with van der Waals surface area (Å²) < 4.78 is 14.9.